The van der Waals surface area contributed by atoms with Gasteiger partial charge < -0.3 is 15.2 Å². The molecular formula is C15H23NO3. The van der Waals surface area contributed by atoms with Crippen LogP contribution in [0.4, 0.5) is 0 Å². The van der Waals surface area contributed by atoms with Gasteiger partial charge >= 0.3 is 0 Å². The predicted octanol–water partition coefficient (Wildman–Crippen LogP) is 1.96. The molecule has 0 heterocycles. The maximum Gasteiger partial charge on any atom is 0.258 e. The Bertz CT molecular complexity index is 421. The number of benzene rings is 1. The van der Waals surface area contributed by atoms with Gasteiger partial charge in [0, 0.05) is 12.1 Å². The highest BCUT2D eigenvalue weighted by molar-refractivity contribution is 5.78. The van der Waals surface area contributed by atoms with Crippen molar-refractivity contribution in [1.29, 1.82) is 0 Å². The van der Waals surface area contributed by atoms with E-state index in [1.807, 2.05) is 39.8 Å². The van der Waals surface area contributed by atoms with Gasteiger partial charge in [-0.3, -0.25) is 4.79 Å². The van der Waals surface area contributed by atoms with Crippen molar-refractivity contribution in [3.05, 3.63) is 29.3 Å². The zero-order valence-corrected chi connectivity index (χ0v) is 12.1. The fourth-order valence-electron chi connectivity index (χ4n) is 1.92. The summed E-state index contributed by atoms with van der Waals surface area (Å²) in [6, 6.07) is 5.86. The number of carbonyl (C=O) groups excluding carboxylic acids is 1. The highest BCUT2D eigenvalue weighted by atomic mass is 16.5. The van der Waals surface area contributed by atoms with Gasteiger partial charge in [-0.1, -0.05) is 6.07 Å². The minimum absolute atomic E-state index is 0.0161. The van der Waals surface area contributed by atoms with Crippen LogP contribution in [0.1, 0.15) is 31.4 Å². The van der Waals surface area contributed by atoms with Gasteiger partial charge in [-0.15, -0.1) is 0 Å². The molecule has 2 N–H and O–H groups in total. The van der Waals surface area contributed by atoms with Crippen LogP contribution in [0.5, 0.6) is 5.75 Å². The Kier molecular flexibility index (Phi) is 5.36. The highest BCUT2D eigenvalue weighted by Crippen LogP contribution is 2.16. The molecule has 0 aliphatic heterocycles. The number of hydrogen-bond acceptors (Lipinski definition) is 3. The molecule has 0 aliphatic carbocycles. The van der Waals surface area contributed by atoms with Crippen LogP contribution in [0.25, 0.3) is 0 Å². The van der Waals surface area contributed by atoms with E-state index in [9.17, 15) is 4.79 Å². The Labute approximate surface area is 114 Å². The topological polar surface area (TPSA) is 58.6 Å². The molecule has 1 rings (SSSR count). The number of aliphatic hydroxyl groups is 1. The summed E-state index contributed by atoms with van der Waals surface area (Å²) >= 11 is 0. The fourth-order valence-corrected chi connectivity index (χ4v) is 1.92. The Morgan fingerprint density at radius 2 is 1.84 bits per heavy atom. The van der Waals surface area contributed by atoms with E-state index in [0.717, 1.165) is 11.1 Å². The van der Waals surface area contributed by atoms with Gasteiger partial charge in [0.1, 0.15) is 5.75 Å². The number of ether oxygens (including phenoxy) is 1. The summed E-state index contributed by atoms with van der Waals surface area (Å²) in [6.45, 7) is 7.76. The van der Waals surface area contributed by atoms with E-state index < -0.39 is 5.54 Å². The van der Waals surface area contributed by atoms with Crippen LogP contribution in [0, 0.1) is 13.8 Å². The minimum Gasteiger partial charge on any atom is -0.484 e. The van der Waals surface area contributed by atoms with E-state index in [-0.39, 0.29) is 19.1 Å². The van der Waals surface area contributed by atoms with Gasteiger partial charge in [0.25, 0.3) is 5.91 Å². The molecule has 106 valence electrons. The molecule has 0 radical (unpaired) electrons. The predicted molar refractivity (Wildman–Crippen MR) is 75.3 cm³/mol. The van der Waals surface area contributed by atoms with Crippen LogP contribution >= 0.6 is 0 Å². The molecule has 4 nitrogen and oxygen atoms in total. The first-order chi connectivity index (χ1) is 8.82. The van der Waals surface area contributed by atoms with Crippen LogP contribution in [-0.4, -0.2) is 29.8 Å². The fraction of sp³-hybridized carbons (Fsp3) is 0.533. The first-order valence-electron chi connectivity index (χ1n) is 6.45. The van der Waals surface area contributed by atoms with Gasteiger partial charge in [-0.25, -0.2) is 0 Å². The molecule has 1 aromatic rings. The second-order valence-corrected chi connectivity index (χ2v) is 5.52. The zero-order valence-electron chi connectivity index (χ0n) is 12.1. The number of carbonyl (C=O) groups is 1. The van der Waals surface area contributed by atoms with Crippen molar-refractivity contribution in [2.75, 3.05) is 13.2 Å². The lowest BCUT2D eigenvalue weighted by Gasteiger charge is -2.25. The number of nitrogens with one attached hydrogen (secondary N) is 1. The average molecular weight is 265 g/mol. The Balaban J connectivity index is 2.50. The lowest BCUT2D eigenvalue weighted by atomic mass is 10.0. The molecule has 0 aliphatic rings. The monoisotopic (exact) mass is 265 g/mol. The molecule has 0 spiro atoms. The van der Waals surface area contributed by atoms with E-state index in [1.165, 1.54) is 0 Å². The van der Waals surface area contributed by atoms with Gasteiger partial charge in [0.05, 0.1) is 0 Å². The SMILES string of the molecule is Cc1cc(C)cc(OCC(=O)NC(C)(C)CCO)c1. The summed E-state index contributed by atoms with van der Waals surface area (Å²) in [5.41, 5.74) is 1.80. The van der Waals surface area contributed by atoms with Gasteiger partial charge in [0.2, 0.25) is 0 Å². The van der Waals surface area contributed by atoms with E-state index in [1.54, 1.807) is 0 Å². The Morgan fingerprint density at radius 1 is 1.26 bits per heavy atom. The maximum absolute atomic E-state index is 11.8. The number of rotatable bonds is 6. The van der Waals surface area contributed by atoms with Crippen LogP contribution < -0.4 is 10.1 Å². The molecule has 0 atom stereocenters. The number of amides is 1. The van der Waals surface area contributed by atoms with Crippen LogP contribution in [-0.2, 0) is 4.79 Å². The molecule has 0 fully saturated rings. The van der Waals surface area contributed by atoms with Crippen molar-refractivity contribution in [3.8, 4) is 5.75 Å². The smallest absolute Gasteiger partial charge is 0.258 e. The third-order valence-corrected chi connectivity index (χ3v) is 2.78. The summed E-state index contributed by atoms with van der Waals surface area (Å²) < 4.78 is 5.48. The molecule has 0 saturated carbocycles. The molecule has 1 aromatic carbocycles. The molecule has 0 unspecified atom stereocenters. The Hall–Kier alpha value is -1.55. The van der Waals surface area contributed by atoms with Crippen molar-refractivity contribution >= 4 is 5.91 Å². The van der Waals surface area contributed by atoms with E-state index in [4.69, 9.17) is 9.84 Å². The summed E-state index contributed by atoms with van der Waals surface area (Å²) in [5.74, 6) is 0.519. The maximum atomic E-state index is 11.8. The molecule has 0 bridgehead atoms. The standard InChI is InChI=1S/C15H23NO3/c1-11-7-12(2)9-13(8-11)19-10-14(18)16-15(3,4)5-6-17/h7-9,17H,5-6,10H2,1-4H3,(H,16,18). The van der Waals surface area contributed by atoms with Crippen LogP contribution in [0.15, 0.2) is 18.2 Å². The van der Waals surface area contributed by atoms with Crippen molar-refractivity contribution < 1.29 is 14.6 Å². The summed E-state index contributed by atoms with van der Waals surface area (Å²) in [7, 11) is 0. The first-order valence-corrected chi connectivity index (χ1v) is 6.45. The summed E-state index contributed by atoms with van der Waals surface area (Å²) in [4.78, 5) is 11.8. The Morgan fingerprint density at radius 3 is 2.37 bits per heavy atom. The van der Waals surface area contributed by atoms with Gasteiger partial charge in [0.15, 0.2) is 6.61 Å². The molecule has 4 heteroatoms. The van der Waals surface area contributed by atoms with Gasteiger partial charge in [-0.2, -0.15) is 0 Å². The largest absolute Gasteiger partial charge is 0.484 e. The zero-order chi connectivity index (χ0) is 14.5. The first kappa shape index (κ1) is 15.5. The van der Waals surface area contributed by atoms with E-state index >= 15 is 0 Å². The third kappa shape index (κ3) is 5.75. The summed E-state index contributed by atoms with van der Waals surface area (Å²) in [6.07, 6.45) is 0.516. The number of aliphatic hydroxyl groups excluding tert-OH is 1. The van der Waals surface area contributed by atoms with Crippen molar-refractivity contribution in [1.82, 2.24) is 5.32 Å². The number of hydrogen-bond donors (Lipinski definition) is 2. The third-order valence-electron chi connectivity index (χ3n) is 2.78. The highest BCUT2D eigenvalue weighted by Gasteiger charge is 2.19. The van der Waals surface area contributed by atoms with E-state index in [2.05, 4.69) is 11.4 Å². The van der Waals surface area contributed by atoms with Crippen molar-refractivity contribution in [2.45, 2.75) is 39.7 Å². The molecule has 0 aromatic heterocycles. The lowest BCUT2D eigenvalue weighted by molar-refractivity contribution is -0.124. The van der Waals surface area contributed by atoms with Crippen LogP contribution in [0.2, 0.25) is 0 Å². The lowest BCUT2D eigenvalue weighted by Crippen LogP contribution is -2.46. The average Bonchev–Trinajstić information content (AvgIpc) is 2.24. The second kappa shape index (κ2) is 6.57. The van der Waals surface area contributed by atoms with Crippen LogP contribution in [0.3, 0.4) is 0 Å². The number of aryl methyl sites for hydroxylation is 2. The molecule has 19 heavy (non-hydrogen) atoms. The van der Waals surface area contributed by atoms with E-state index in [0.29, 0.717) is 12.2 Å². The minimum atomic E-state index is -0.419. The van der Waals surface area contributed by atoms with Crippen molar-refractivity contribution in [2.24, 2.45) is 0 Å². The second-order valence-electron chi connectivity index (χ2n) is 5.52. The summed E-state index contributed by atoms with van der Waals surface area (Å²) in [5, 5.41) is 11.7. The normalized spacial score (nSPS) is 11.2. The van der Waals surface area contributed by atoms with Crippen molar-refractivity contribution in [3.63, 3.8) is 0 Å². The molecular weight excluding hydrogens is 242 g/mol. The quantitative estimate of drug-likeness (QED) is 0.826. The molecule has 1 amide bonds. The molecule has 0 saturated heterocycles. The van der Waals surface area contributed by atoms with Gasteiger partial charge in [-0.05, 0) is 57.4 Å².